The van der Waals surface area contributed by atoms with Crippen LogP contribution in [0.5, 0.6) is 5.75 Å². The van der Waals surface area contributed by atoms with Crippen molar-refractivity contribution in [1.29, 1.82) is 0 Å². The second kappa shape index (κ2) is 24.0. The van der Waals surface area contributed by atoms with Gasteiger partial charge in [-0.05, 0) is 173 Å². The van der Waals surface area contributed by atoms with Crippen molar-refractivity contribution in [1.82, 2.24) is 0 Å². The smallest absolute Gasteiger partial charge is 0.333 e. The second-order valence-electron chi connectivity index (χ2n) is 21.4. The van der Waals surface area contributed by atoms with Crippen molar-refractivity contribution in [3.63, 3.8) is 0 Å². The molecule has 5 unspecified atom stereocenters. The van der Waals surface area contributed by atoms with Crippen LogP contribution in [0.25, 0.3) is 6.08 Å². The zero-order valence-electron chi connectivity index (χ0n) is 43.2. The summed E-state index contributed by atoms with van der Waals surface area (Å²) in [4.78, 5) is 67.6. The van der Waals surface area contributed by atoms with Gasteiger partial charge in [0.1, 0.15) is 34.8 Å². The van der Waals surface area contributed by atoms with Crippen LogP contribution in [0.15, 0.2) is 79.5 Å². The molecule has 1 aromatic carbocycles. The molecule has 7 saturated carbocycles. The lowest BCUT2D eigenvalue weighted by molar-refractivity contribution is -0.207. The van der Waals surface area contributed by atoms with E-state index in [-0.39, 0.29) is 71.1 Å². The number of carbonyl (C=O) groups is 6. The molecule has 8 aliphatic rings. The Hall–Kier alpha value is -5.26. The van der Waals surface area contributed by atoms with Gasteiger partial charge in [0.2, 0.25) is 0 Å². The Balaban J connectivity index is 0.000000191. The summed E-state index contributed by atoms with van der Waals surface area (Å²) in [6.45, 7) is 35.8. The van der Waals surface area contributed by atoms with Crippen LogP contribution >= 0.6 is 0 Å². The third kappa shape index (κ3) is 14.9. The van der Waals surface area contributed by atoms with Gasteiger partial charge >= 0.3 is 35.8 Å². The third-order valence-electron chi connectivity index (χ3n) is 14.7. The maximum absolute atomic E-state index is 12.0. The quantitative estimate of drug-likeness (QED) is 0.0896. The number of ether oxygens (including phenoxy) is 6. The number of hydrogen-bond acceptors (Lipinski definition) is 12. The van der Waals surface area contributed by atoms with E-state index >= 15 is 0 Å². The van der Waals surface area contributed by atoms with Crippen LogP contribution in [0, 0.1) is 41.4 Å². The van der Waals surface area contributed by atoms with Crippen LogP contribution in [-0.4, -0.2) is 64.8 Å². The van der Waals surface area contributed by atoms with Gasteiger partial charge < -0.3 is 28.4 Å². The number of fused-ring (bicyclic) bond motifs is 1. The van der Waals surface area contributed by atoms with Gasteiger partial charge in [0.05, 0.1) is 5.92 Å². The molecule has 9 rings (SSSR count). The number of esters is 6. The van der Waals surface area contributed by atoms with Crippen molar-refractivity contribution >= 4 is 41.9 Å². The van der Waals surface area contributed by atoms with Gasteiger partial charge in [-0.1, -0.05) is 65.0 Å². The third-order valence-corrected chi connectivity index (χ3v) is 14.7. The van der Waals surface area contributed by atoms with Gasteiger partial charge in [-0.15, -0.1) is 0 Å². The molecule has 1 saturated heterocycles. The van der Waals surface area contributed by atoms with Gasteiger partial charge in [0.15, 0.2) is 0 Å². The first-order valence-corrected chi connectivity index (χ1v) is 24.9. The molecule has 8 fully saturated rings. The lowest BCUT2D eigenvalue weighted by Crippen LogP contribution is -2.59. The van der Waals surface area contributed by atoms with E-state index in [1.54, 1.807) is 45.9 Å². The SMILES string of the molecule is C=C(C)C(=O)OC(C)(C)C.C=C(C)C(=O)OC1(CC)C2CC3CC(C2)CC1C3.C=C(C)C(=O)OC1(CC)CCCC1.C=C(C)C(=O)OC1C2CC3C(=O)OC1C3C2.C=Cc1ccc(OC(C)=O)cc1. The standard InChI is InChI=1S/C16H24O2.C12H14O4.C11H18O2.C10H10O2.C8H14O2/c1-4-16(18-15(17)10(2)3)13-6-11-5-12(8-13)9-14(16)7-11;1-5(2)11(13)15-9-6-3-7-8(4-6)12(14)16-10(7)9;1-4-11(7-5-6-8-11)13-10(12)9(2)3;1-3-9-4-6-10(7-5-9)12-8(2)11;1-6(2)7(9)10-8(3,4)5/h11-14H,2,4-9H2,1,3H3;6-10H,1,3-4H2,2H3;2,4-8H2,1,3H3;3-7H,1H2,2H3;1H2,2-5H3. The summed E-state index contributed by atoms with van der Waals surface area (Å²) < 4.78 is 31.9. The van der Waals surface area contributed by atoms with E-state index in [1.807, 2.05) is 32.9 Å². The predicted molar refractivity (Wildman–Crippen MR) is 266 cm³/mol. The normalized spacial score (nSPS) is 28.7. The Bertz CT molecular complexity index is 2070. The maximum Gasteiger partial charge on any atom is 0.333 e. The van der Waals surface area contributed by atoms with Crippen molar-refractivity contribution in [2.24, 2.45) is 41.4 Å². The number of rotatable bonds is 11. The Morgan fingerprint density at radius 2 is 1.20 bits per heavy atom. The number of hydrogen-bond donors (Lipinski definition) is 0. The van der Waals surface area contributed by atoms with Crippen LogP contribution in [-0.2, 0) is 52.5 Å². The van der Waals surface area contributed by atoms with E-state index in [1.165, 1.54) is 51.9 Å². The number of carbonyl (C=O) groups excluding carboxylic acids is 6. The highest BCUT2D eigenvalue weighted by molar-refractivity contribution is 5.88. The fourth-order valence-electron chi connectivity index (χ4n) is 11.4. The van der Waals surface area contributed by atoms with E-state index in [4.69, 9.17) is 28.4 Å². The van der Waals surface area contributed by atoms with Crippen LogP contribution in [0.4, 0.5) is 0 Å². The molecule has 12 nitrogen and oxygen atoms in total. The van der Waals surface area contributed by atoms with Crippen molar-refractivity contribution in [2.45, 2.75) is 182 Å². The minimum absolute atomic E-state index is 0.0646. The molecule has 1 aliphatic heterocycles. The van der Waals surface area contributed by atoms with Crippen molar-refractivity contribution in [3.05, 3.63) is 85.0 Å². The molecule has 12 heteroatoms. The summed E-state index contributed by atoms with van der Waals surface area (Å²) in [5.41, 5.74) is 2.14. The van der Waals surface area contributed by atoms with Gasteiger partial charge in [-0.2, -0.15) is 0 Å². The zero-order chi connectivity index (χ0) is 51.6. The average Bonchev–Trinajstić information content (AvgIpc) is 4.05. The fourth-order valence-corrected chi connectivity index (χ4v) is 11.4. The highest BCUT2D eigenvalue weighted by Crippen LogP contribution is 2.61. The first kappa shape index (κ1) is 56.3. The monoisotopic (exact) mass is 957 g/mol. The molecule has 380 valence electrons. The lowest BCUT2D eigenvalue weighted by atomic mass is 9.49. The van der Waals surface area contributed by atoms with E-state index in [0.29, 0.717) is 45.8 Å². The van der Waals surface area contributed by atoms with Crippen molar-refractivity contribution in [2.75, 3.05) is 0 Å². The Morgan fingerprint density at radius 3 is 1.62 bits per heavy atom. The molecule has 0 radical (unpaired) electrons. The van der Waals surface area contributed by atoms with E-state index < -0.39 is 5.60 Å². The topological polar surface area (TPSA) is 158 Å². The number of benzene rings is 1. The van der Waals surface area contributed by atoms with Gasteiger partial charge in [-0.3, -0.25) is 9.59 Å². The Morgan fingerprint density at radius 1 is 0.696 bits per heavy atom. The van der Waals surface area contributed by atoms with Crippen LogP contribution in [0.3, 0.4) is 0 Å². The van der Waals surface area contributed by atoms with Gasteiger partial charge in [-0.25, -0.2) is 19.2 Å². The summed E-state index contributed by atoms with van der Waals surface area (Å²) >= 11 is 0. The molecular formula is C57H80O12. The van der Waals surface area contributed by atoms with Crippen molar-refractivity contribution in [3.8, 4) is 5.75 Å². The fraction of sp³-hybridized carbons (Fsp3) is 0.614. The zero-order valence-corrected chi connectivity index (χ0v) is 43.2. The molecule has 6 bridgehead atoms. The summed E-state index contributed by atoms with van der Waals surface area (Å²) in [6.07, 6.45) is 15.9. The highest BCUT2D eigenvalue weighted by Gasteiger charge is 2.63. The minimum Gasteiger partial charge on any atom is -0.458 e. The molecule has 69 heavy (non-hydrogen) atoms. The summed E-state index contributed by atoms with van der Waals surface area (Å²) in [5, 5.41) is 0. The Labute approximate surface area is 411 Å². The lowest BCUT2D eigenvalue weighted by Gasteiger charge is -2.60. The molecule has 0 spiro atoms. The summed E-state index contributed by atoms with van der Waals surface area (Å²) in [5.74, 6) is 2.74. The van der Waals surface area contributed by atoms with E-state index in [0.717, 1.165) is 55.9 Å². The first-order chi connectivity index (χ1) is 32.3. The summed E-state index contributed by atoms with van der Waals surface area (Å²) in [6, 6.07) is 7.15. The predicted octanol–water partition coefficient (Wildman–Crippen LogP) is 11.8. The Kier molecular flexibility index (Phi) is 19.6. The largest absolute Gasteiger partial charge is 0.458 e. The van der Waals surface area contributed by atoms with E-state index in [2.05, 4.69) is 46.7 Å². The second-order valence-corrected chi connectivity index (χ2v) is 21.4. The molecule has 0 amide bonds. The molecule has 5 atom stereocenters. The molecule has 0 N–H and O–H groups in total. The van der Waals surface area contributed by atoms with E-state index in [9.17, 15) is 28.8 Å². The van der Waals surface area contributed by atoms with Gasteiger partial charge in [0.25, 0.3) is 0 Å². The van der Waals surface area contributed by atoms with Crippen LogP contribution in [0.1, 0.15) is 158 Å². The summed E-state index contributed by atoms with van der Waals surface area (Å²) in [7, 11) is 0. The van der Waals surface area contributed by atoms with Crippen molar-refractivity contribution < 1.29 is 57.2 Å². The molecular weight excluding hydrogens is 877 g/mol. The van der Waals surface area contributed by atoms with Crippen LogP contribution < -0.4 is 4.74 Å². The van der Waals surface area contributed by atoms with Gasteiger partial charge in [0, 0.05) is 41.1 Å². The molecule has 0 aromatic heterocycles. The minimum atomic E-state index is -0.407. The molecule has 7 aliphatic carbocycles. The maximum atomic E-state index is 12.0. The highest BCUT2D eigenvalue weighted by atomic mass is 16.6. The molecule has 1 heterocycles. The van der Waals surface area contributed by atoms with Crippen LogP contribution in [0.2, 0.25) is 0 Å². The molecule has 1 aromatic rings. The first-order valence-electron chi connectivity index (χ1n) is 24.9. The average molecular weight is 957 g/mol.